The first-order chi connectivity index (χ1) is 12.9. The second-order valence-corrected chi connectivity index (χ2v) is 9.50. The first kappa shape index (κ1) is 16.9. The van der Waals surface area contributed by atoms with Crippen molar-refractivity contribution < 1.29 is 0 Å². The van der Waals surface area contributed by atoms with E-state index in [0.717, 1.165) is 18.3 Å². The van der Waals surface area contributed by atoms with Gasteiger partial charge in [0, 0.05) is 16.2 Å². The average Bonchev–Trinajstić information content (AvgIpc) is 2.73. The van der Waals surface area contributed by atoms with E-state index in [9.17, 15) is 0 Å². The van der Waals surface area contributed by atoms with E-state index in [4.69, 9.17) is 4.99 Å². The Morgan fingerprint density at radius 2 is 1.58 bits per heavy atom. The zero-order chi connectivity index (χ0) is 17.3. The van der Waals surface area contributed by atoms with Crippen LogP contribution in [0.25, 0.3) is 0 Å². The Balaban J connectivity index is 1.48. The molecule has 3 aliphatic carbocycles. The van der Waals surface area contributed by atoms with Gasteiger partial charge in [-0.25, -0.2) is 0 Å². The van der Waals surface area contributed by atoms with E-state index in [1.54, 1.807) is 11.1 Å². The van der Waals surface area contributed by atoms with Crippen molar-refractivity contribution in [3.8, 4) is 0 Å². The molecule has 0 unspecified atom stereocenters. The summed E-state index contributed by atoms with van der Waals surface area (Å²) in [6.45, 7) is 0. The topological polar surface area (TPSA) is 12.4 Å². The molecule has 0 radical (unpaired) electrons. The molecule has 1 aromatic carbocycles. The lowest BCUT2D eigenvalue weighted by Gasteiger charge is -2.30. The summed E-state index contributed by atoms with van der Waals surface area (Å²) in [4.78, 5) is 7.98. The maximum Gasteiger partial charge on any atom is 0.0773 e. The van der Waals surface area contributed by atoms with Gasteiger partial charge in [-0.2, -0.15) is 0 Å². The van der Waals surface area contributed by atoms with E-state index < -0.39 is 0 Å². The second kappa shape index (κ2) is 7.38. The Kier molecular flexibility index (Phi) is 4.79. The number of benzene rings is 1. The third kappa shape index (κ3) is 3.22. The number of hydrogen-bond acceptors (Lipinski definition) is 2. The molecule has 0 N–H and O–H groups in total. The molecule has 4 aliphatic rings. The van der Waals surface area contributed by atoms with Crippen molar-refractivity contribution in [2.75, 3.05) is 0 Å². The monoisotopic (exact) mass is 363 g/mol. The zero-order valence-corrected chi connectivity index (χ0v) is 16.5. The predicted octanol–water partition coefficient (Wildman–Crippen LogP) is 7.71. The molecule has 1 aliphatic heterocycles. The minimum atomic E-state index is 0.760. The van der Waals surface area contributed by atoms with Crippen molar-refractivity contribution in [3.05, 3.63) is 46.4 Å². The summed E-state index contributed by atoms with van der Waals surface area (Å²) in [5, 5.41) is 0. The van der Waals surface area contributed by atoms with Gasteiger partial charge in [-0.15, -0.1) is 0 Å². The molecule has 5 rings (SSSR count). The average molecular weight is 364 g/mol. The highest BCUT2D eigenvalue weighted by Gasteiger charge is 2.28. The van der Waals surface area contributed by atoms with Crippen molar-refractivity contribution in [3.63, 3.8) is 0 Å². The summed E-state index contributed by atoms with van der Waals surface area (Å²) >= 11 is 2.02. The van der Waals surface area contributed by atoms with Crippen LogP contribution >= 0.6 is 11.8 Å². The molecular weight excluding hydrogens is 334 g/mol. The summed E-state index contributed by atoms with van der Waals surface area (Å²) in [5.74, 6) is 1.54. The molecule has 0 saturated heterocycles. The summed E-state index contributed by atoms with van der Waals surface area (Å²) in [5.41, 5.74) is 5.66. The number of rotatable bonds is 2. The Morgan fingerprint density at radius 1 is 0.846 bits per heavy atom. The number of nitrogens with zero attached hydrogens (tertiary/aromatic N) is 1. The summed E-state index contributed by atoms with van der Waals surface area (Å²) in [7, 11) is 0. The minimum Gasteiger partial charge on any atom is -0.251 e. The fraction of sp³-hybridized carbons (Fsp3) is 0.542. The van der Waals surface area contributed by atoms with E-state index in [0.29, 0.717) is 0 Å². The lowest BCUT2D eigenvalue weighted by atomic mass is 9.81. The van der Waals surface area contributed by atoms with Gasteiger partial charge in [-0.1, -0.05) is 68.5 Å². The molecule has 1 nitrogen and oxygen atoms in total. The standard InChI is InChI=1S/C24H29NS/c1-3-8-17(9-4-1)19-14-15-21-23(16-19)26-24-20(12-7-13-22(24)25-21)18-10-5-2-6-11-18/h7,12,14-18H,1-6,8-11,13H2. The van der Waals surface area contributed by atoms with Crippen LogP contribution in [0.2, 0.25) is 0 Å². The maximum atomic E-state index is 5.09. The van der Waals surface area contributed by atoms with E-state index in [2.05, 4.69) is 30.4 Å². The third-order valence-electron chi connectivity index (χ3n) is 6.71. The number of hydrogen-bond donors (Lipinski definition) is 0. The van der Waals surface area contributed by atoms with Gasteiger partial charge in [0.2, 0.25) is 0 Å². The molecule has 2 fully saturated rings. The lowest BCUT2D eigenvalue weighted by Crippen LogP contribution is -2.16. The van der Waals surface area contributed by atoms with Crippen LogP contribution in [0, 0.1) is 5.92 Å². The van der Waals surface area contributed by atoms with Gasteiger partial charge in [-0.3, -0.25) is 4.99 Å². The van der Waals surface area contributed by atoms with Gasteiger partial charge in [0.25, 0.3) is 0 Å². The highest BCUT2D eigenvalue weighted by atomic mass is 32.2. The fourth-order valence-electron chi connectivity index (χ4n) is 5.23. The molecular formula is C24H29NS. The van der Waals surface area contributed by atoms with Crippen LogP contribution in [0.5, 0.6) is 0 Å². The van der Waals surface area contributed by atoms with Crippen molar-refractivity contribution >= 4 is 23.2 Å². The minimum absolute atomic E-state index is 0.760. The van der Waals surface area contributed by atoms with Crippen LogP contribution in [0.4, 0.5) is 5.69 Å². The maximum absolute atomic E-state index is 5.09. The van der Waals surface area contributed by atoms with Crippen LogP contribution in [0.1, 0.15) is 82.1 Å². The van der Waals surface area contributed by atoms with E-state index in [1.165, 1.54) is 85.4 Å². The van der Waals surface area contributed by atoms with Gasteiger partial charge in [-0.05, 0) is 60.8 Å². The fourth-order valence-corrected chi connectivity index (χ4v) is 6.46. The molecule has 1 heterocycles. The number of aliphatic imine (C=N–C) groups is 1. The molecule has 0 aromatic heterocycles. The Hall–Kier alpha value is -1.28. The van der Waals surface area contributed by atoms with Crippen LogP contribution in [-0.2, 0) is 0 Å². The SMILES string of the molecule is C1=CC(C2CCCCC2)=C2Sc3cc(C4CCCCC4)ccc3N=C2C1. The van der Waals surface area contributed by atoms with Gasteiger partial charge in [0.1, 0.15) is 0 Å². The third-order valence-corrected chi connectivity index (χ3v) is 7.93. The first-order valence-corrected chi connectivity index (χ1v) is 11.5. The molecule has 0 spiro atoms. The summed E-state index contributed by atoms with van der Waals surface area (Å²) in [6, 6.07) is 7.11. The molecule has 136 valence electrons. The smallest absolute Gasteiger partial charge is 0.0773 e. The number of fused-ring (bicyclic) bond motifs is 2. The molecule has 0 amide bonds. The molecule has 2 heteroatoms. The predicted molar refractivity (Wildman–Crippen MR) is 113 cm³/mol. The lowest BCUT2D eigenvalue weighted by molar-refractivity contribution is 0.408. The quantitative estimate of drug-likeness (QED) is 0.524. The van der Waals surface area contributed by atoms with Gasteiger partial charge in [0.05, 0.1) is 11.4 Å². The van der Waals surface area contributed by atoms with E-state index in [1.807, 2.05) is 11.8 Å². The van der Waals surface area contributed by atoms with Crippen molar-refractivity contribution in [2.24, 2.45) is 10.9 Å². The van der Waals surface area contributed by atoms with Gasteiger partial charge in [0.15, 0.2) is 0 Å². The van der Waals surface area contributed by atoms with Crippen LogP contribution < -0.4 is 0 Å². The van der Waals surface area contributed by atoms with Crippen molar-refractivity contribution in [1.29, 1.82) is 0 Å². The van der Waals surface area contributed by atoms with Crippen LogP contribution in [0.15, 0.2) is 50.7 Å². The molecule has 26 heavy (non-hydrogen) atoms. The van der Waals surface area contributed by atoms with Crippen molar-refractivity contribution in [1.82, 2.24) is 0 Å². The largest absolute Gasteiger partial charge is 0.251 e. The van der Waals surface area contributed by atoms with Crippen LogP contribution in [-0.4, -0.2) is 5.71 Å². The molecule has 0 bridgehead atoms. The Labute approximate surface area is 162 Å². The van der Waals surface area contributed by atoms with Crippen molar-refractivity contribution in [2.45, 2.75) is 81.4 Å². The van der Waals surface area contributed by atoms with Crippen LogP contribution in [0.3, 0.4) is 0 Å². The Morgan fingerprint density at radius 3 is 2.35 bits per heavy atom. The van der Waals surface area contributed by atoms with E-state index in [-0.39, 0.29) is 0 Å². The summed E-state index contributed by atoms with van der Waals surface area (Å²) < 4.78 is 0. The highest BCUT2D eigenvalue weighted by molar-refractivity contribution is 8.04. The summed E-state index contributed by atoms with van der Waals surface area (Å²) in [6.07, 6.45) is 19.7. The van der Waals surface area contributed by atoms with E-state index >= 15 is 0 Å². The number of allylic oxidation sites excluding steroid dienone is 4. The molecule has 0 atom stereocenters. The molecule has 1 aromatic rings. The van der Waals surface area contributed by atoms with Gasteiger partial charge < -0.3 is 0 Å². The normalized spacial score (nSPS) is 24.2. The number of thioether (sulfide) groups is 1. The Bertz CT molecular complexity index is 773. The zero-order valence-electron chi connectivity index (χ0n) is 15.7. The first-order valence-electron chi connectivity index (χ1n) is 10.7. The van der Waals surface area contributed by atoms with Gasteiger partial charge >= 0.3 is 0 Å². The highest BCUT2D eigenvalue weighted by Crippen LogP contribution is 2.48. The second-order valence-electron chi connectivity index (χ2n) is 8.45. The molecule has 2 saturated carbocycles.